The van der Waals surface area contributed by atoms with Gasteiger partial charge in [-0.25, -0.2) is 23.7 Å². The van der Waals surface area contributed by atoms with Crippen molar-refractivity contribution < 1.29 is 9.53 Å². The number of allylic oxidation sites excluding steroid dienone is 1. The Kier molecular flexibility index (Phi) is 2.07. The highest BCUT2D eigenvalue weighted by molar-refractivity contribution is 5.76. The standard InChI is InChI=1S/C8H9N3O4/c1-15-6(12)5-3-2-4-10-7(13)9-8(14)11(5)10/h2-3,5H,4H2,1H3,(H,9,13,14). The molecule has 1 unspecified atom stereocenters. The van der Waals surface area contributed by atoms with E-state index in [1.165, 1.54) is 13.2 Å². The van der Waals surface area contributed by atoms with Crippen molar-refractivity contribution in [3.05, 3.63) is 33.1 Å². The zero-order chi connectivity index (χ0) is 11.0. The number of aromatic amines is 1. The van der Waals surface area contributed by atoms with Crippen LogP contribution in [-0.4, -0.2) is 27.4 Å². The number of ether oxygens (including phenoxy) is 1. The highest BCUT2D eigenvalue weighted by Gasteiger charge is 2.26. The molecule has 80 valence electrons. The monoisotopic (exact) mass is 211 g/mol. The van der Waals surface area contributed by atoms with Crippen LogP contribution < -0.4 is 11.4 Å². The predicted molar refractivity (Wildman–Crippen MR) is 49.5 cm³/mol. The first-order valence-corrected chi connectivity index (χ1v) is 4.31. The van der Waals surface area contributed by atoms with Gasteiger partial charge in [-0.1, -0.05) is 12.2 Å². The lowest BCUT2D eigenvalue weighted by atomic mass is 10.2. The molecule has 0 aromatic carbocycles. The second kappa shape index (κ2) is 3.26. The second-order valence-corrected chi connectivity index (χ2v) is 3.06. The minimum Gasteiger partial charge on any atom is -0.467 e. The zero-order valence-corrected chi connectivity index (χ0v) is 7.97. The van der Waals surface area contributed by atoms with E-state index < -0.39 is 23.4 Å². The third-order valence-electron chi connectivity index (χ3n) is 2.22. The van der Waals surface area contributed by atoms with Gasteiger partial charge in [0.15, 0.2) is 6.04 Å². The average molecular weight is 211 g/mol. The van der Waals surface area contributed by atoms with Crippen molar-refractivity contribution in [2.75, 3.05) is 7.11 Å². The first-order valence-electron chi connectivity index (χ1n) is 4.31. The van der Waals surface area contributed by atoms with E-state index in [0.29, 0.717) is 0 Å². The van der Waals surface area contributed by atoms with E-state index in [-0.39, 0.29) is 6.54 Å². The fourth-order valence-electron chi connectivity index (χ4n) is 1.54. The number of fused-ring (bicyclic) bond motifs is 1. The highest BCUT2D eigenvalue weighted by Crippen LogP contribution is 2.10. The molecule has 2 heterocycles. The van der Waals surface area contributed by atoms with Gasteiger partial charge >= 0.3 is 17.3 Å². The smallest absolute Gasteiger partial charge is 0.345 e. The zero-order valence-electron chi connectivity index (χ0n) is 7.97. The lowest BCUT2D eigenvalue weighted by Gasteiger charge is -2.18. The summed E-state index contributed by atoms with van der Waals surface area (Å²) in [6.07, 6.45) is 3.16. The summed E-state index contributed by atoms with van der Waals surface area (Å²) in [5, 5.41) is 0. The van der Waals surface area contributed by atoms with Gasteiger partial charge in [0.05, 0.1) is 13.7 Å². The van der Waals surface area contributed by atoms with Gasteiger partial charge < -0.3 is 4.74 Å². The number of H-pyrrole nitrogens is 1. The molecule has 15 heavy (non-hydrogen) atoms. The number of rotatable bonds is 1. The van der Waals surface area contributed by atoms with E-state index in [4.69, 9.17) is 0 Å². The van der Waals surface area contributed by atoms with Crippen LogP contribution in [-0.2, 0) is 16.1 Å². The summed E-state index contributed by atoms with van der Waals surface area (Å²) >= 11 is 0. The molecular weight excluding hydrogens is 202 g/mol. The molecule has 0 radical (unpaired) electrons. The molecule has 0 amide bonds. The SMILES string of the molecule is COC(=O)C1C=CCn2c(=O)[nH]c(=O)n21. The van der Waals surface area contributed by atoms with Crippen molar-refractivity contribution in [3.63, 3.8) is 0 Å². The molecular formula is C8H9N3O4. The summed E-state index contributed by atoms with van der Waals surface area (Å²) in [5.41, 5.74) is -1.14. The number of hydrogen-bond acceptors (Lipinski definition) is 4. The fraction of sp³-hybridized carbons (Fsp3) is 0.375. The van der Waals surface area contributed by atoms with Gasteiger partial charge in [0.25, 0.3) is 0 Å². The first-order chi connectivity index (χ1) is 7.15. The normalized spacial score (nSPS) is 18.6. The molecule has 0 fully saturated rings. The Bertz CT molecular complexity index is 533. The largest absolute Gasteiger partial charge is 0.467 e. The molecule has 0 aliphatic carbocycles. The number of aromatic nitrogens is 3. The molecule has 2 rings (SSSR count). The molecule has 7 heteroatoms. The van der Waals surface area contributed by atoms with Crippen LogP contribution in [0, 0.1) is 0 Å². The summed E-state index contributed by atoms with van der Waals surface area (Å²) in [7, 11) is 1.23. The molecule has 0 bridgehead atoms. The van der Waals surface area contributed by atoms with E-state index >= 15 is 0 Å². The van der Waals surface area contributed by atoms with Crippen LogP contribution in [0.1, 0.15) is 6.04 Å². The van der Waals surface area contributed by atoms with Crippen LogP contribution in [0.15, 0.2) is 21.7 Å². The maximum atomic E-state index is 11.4. The summed E-state index contributed by atoms with van der Waals surface area (Å²) in [6.45, 7) is 0.269. The number of carbonyl (C=O) groups excluding carboxylic acids is 1. The Balaban J connectivity index is 2.60. The van der Waals surface area contributed by atoms with E-state index in [1.54, 1.807) is 6.08 Å². The summed E-state index contributed by atoms with van der Waals surface area (Å²) in [5.74, 6) is -0.583. The Hall–Kier alpha value is -2.05. The predicted octanol–water partition coefficient (Wildman–Crippen LogP) is -1.38. The number of nitrogens with one attached hydrogen (secondary N) is 1. The van der Waals surface area contributed by atoms with Crippen molar-refractivity contribution in [2.24, 2.45) is 0 Å². The summed E-state index contributed by atoms with van der Waals surface area (Å²) in [4.78, 5) is 36.0. The van der Waals surface area contributed by atoms with Gasteiger partial charge in [0.1, 0.15) is 0 Å². The Morgan fingerprint density at radius 1 is 1.53 bits per heavy atom. The topological polar surface area (TPSA) is 86.1 Å². The fourth-order valence-corrected chi connectivity index (χ4v) is 1.54. The Morgan fingerprint density at radius 2 is 2.27 bits per heavy atom. The van der Waals surface area contributed by atoms with Crippen molar-refractivity contribution >= 4 is 5.97 Å². The van der Waals surface area contributed by atoms with Gasteiger partial charge in [0, 0.05) is 0 Å². The Morgan fingerprint density at radius 3 is 2.93 bits per heavy atom. The molecule has 0 saturated carbocycles. The van der Waals surface area contributed by atoms with E-state index in [0.717, 1.165) is 9.36 Å². The lowest BCUT2D eigenvalue weighted by Crippen LogP contribution is -2.36. The van der Waals surface area contributed by atoms with Gasteiger partial charge in [0.2, 0.25) is 0 Å². The van der Waals surface area contributed by atoms with Gasteiger partial charge in [-0.05, 0) is 0 Å². The maximum Gasteiger partial charge on any atom is 0.345 e. The molecule has 7 nitrogen and oxygen atoms in total. The van der Waals surface area contributed by atoms with Crippen molar-refractivity contribution in [1.29, 1.82) is 0 Å². The van der Waals surface area contributed by atoms with Crippen LogP contribution in [0.2, 0.25) is 0 Å². The van der Waals surface area contributed by atoms with Gasteiger partial charge in [-0.15, -0.1) is 0 Å². The van der Waals surface area contributed by atoms with Crippen LogP contribution in [0.3, 0.4) is 0 Å². The molecule has 1 aliphatic rings. The molecule has 0 saturated heterocycles. The van der Waals surface area contributed by atoms with Crippen molar-refractivity contribution in [1.82, 2.24) is 14.3 Å². The highest BCUT2D eigenvalue weighted by atomic mass is 16.5. The number of esters is 1. The molecule has 0 spiro atoms. The van der Waals surface area contributed by atoms with E-state index in [9.17, 15) is 14.4 Å². The maximum absolute atomic E-state index is 11.4. The number of carbonyl (C=O) groups is 1. The molecule has 1 aromatic rings. The minimum atomic E-state index is -0.866. The van der Waals surface area contributed by atoms with Crippen molar-refractivity contribution in [3.8, 4) is 0 Å². The number of methoxy groups -OCH3 is 1. The number of nitrogens with zero attached hydrogens (tertiary/aromatic N) is 2. The molecule has 1 aromatic heterocycles. The minimum absolute atomic E-state index is 0.269. The van der Waals surface area contributed by atoms with Crippen LogP contribution >= 0.6 is 0 Å². The Labute approximate surface area is 83.6 Å². The first kappa shape index (κ1) is 9.50. The average Bonchev–Trinajstić information content (AvgIpc) is 2.54. The lowest BCUT2D eigenvalue weighted by molar-refractivity contribution is -0.143. The molecule has 1 atom stereocenters. The quantitative estimate of drug-likeness (QED) is 0.458. The third kappa shape index (κ3) is 1.32. The van der Waals surface area contributed by atoms with Gasteiger partial charge in [-0.3, -0.25) is 4.98 Å². The van der Waals surface area contributed by atoms with Crippen LogP contribution in [0.25, 0.3) is 0 Å². The summed E-state index contributed by atoms with van der Waals surface area (Å²) in [6, 6.07) is -0.866. The van der Waals surface area contributed by atoms with Crippen molar-refractivity contribution in [2.45, 2.75) is 12.6 Å². The second-order valence-electron chi connectivity index (χ2n) is 3.06. The molecule has 1 aliphatic heterocycles. The number of hydrogen-bond donors (Lipinski definition) is 1. The van der Waals surface area contributed by atoms with E-state index in [2.05, 4.69) is 9.72 Å². The van der Waals surface area contributed by atoms with Crippen LogP contribution in [0.5, 0.6) is 0 Å². The third-order valence-corrected chi connectivity index (χ3v) is 2.22. The molecule has 1 N–H and O–H groups in total. The van der Waals surface area contributed by atoms with Crippen LogP contribution in [0.4, 0.5) is 0 Å². The van der Waals surface area contributed by atoms with E-state index in [1.807, 2.05) is 0 Å². The van der Waals surface area contributed by atoms with Gasteiger partial charge in [-0.2, -0.15) is 0 Å². The summed E-state index contributed by atoms with van der Waals surface area (Å²) < 4.78 is 6.74.